The van der Waals surface area contributed by atoms with Crippen LogP contribution in [0.3, 0.4) is 0 Å². The second-order valence-electron chi connectivity index (χ2n) is 5.00. The zero-order valence-corrected chi connectivity index (χ0v) is 10.1. The third-order valence-corrected chi connectivity index (χ3v) is 3.14. The quantitative estimate of drug-likeness (QED) is 0.682. The maximum atomic E-state index is 11.5. The third-order valence-electron chi connectivity index (χ3n) is 3.14. The summed E-state index contributed by atoms with van der Waals surface area (Å²) < 4.78 is 0. The molecule has 0 aliphatic heterocycles. The first kappa shape index (κ1) is 12.5. The summed E-state index contributed by atoms with van der Waals surface area (Å²) in [7, 11) is 5.60. The molecule has 0 bridgehead atoms. The molecule has 0 spiro atoms. The summed E-state index contributed by atoms with van der Waals surface area (Å²) in [6.07, 6.45) is 3.63. The zero-order chi connectivity index (χ0) is 11.5. The van der Waals surface area contributed by atoms with Gasteiger partial charge in [0.15, 0.2) is 0 Å². The fraction of sp³-hybridized carbons (Fsp3) is 0.909. The lowest BCUT2D eigenvalue weighted by Gasteiger charge is -2.24. The Hall–Kier alpha value is -0.610. The molecule has 0 unspecified atom stereocenters. The van der Waals surface area contributed by atoms with Crippen molar-refractivity contribution in [2.75, 3.05) is 40.8 Å². The standard InChI is InChI=1S/C11H23N3O/c1-13(2)10(15)8-14(3)9-11(4-5-11)6-7-12/h4-9,12H2,1-3H3. The molecule has 15 heavy (non-hydrogen) atoms. The Morgan fingerprint density at radius 2 is 1.93 bits per heavy atom. The Labute approximate surface area is 92.4 Å². The van der Waals surface area contributed by atoms with E-state index in [-0.39, 0.29) is 5.91 Å². The van der Waals surface area contributed by atoms with Gasteiger partial charge in [0.2, 0.25) is 5.91 Å². The van der Waals surface area contributed by atoms with E-state index in [1.54, 1.807) is 19.0 Å². The number of amides is 1. The Morgan fingerprint density at radius 3 is 2.33 bits per heavy atom. The van der Waals surface area contributed by atoms with Crippen molar-refractivity contribution in [3.63, 3.8) is 0 Å². The van der Waals surface area contributed by atoms with Gasteiger partial charge >= 0.3 is 0 Å². The van der Waals surface area contributed by atoms with Crippen molar-refractivity contribution in [1.82, 2.24) is 9.80 Å². The van der Waals surface area contributed by atoms with Crippen molar-refractivity contribution in [2.24, 2.45) is 11.1 Å². The highest BCUT2D eigenvalue weighted by molar-refractivity contribution is 5.77. The van der Waals surface area contributed by atoms with E-state index in [1.165, 1.54) is 12.8 Å². The predicted molar refractivity (Wildman–Crippen MR) is 61.5 cm³/mol. The lowest BCUT2D eigenvalue weighted by Crippen LogP contribution is -2.37. The van der Waals surface area contributed by atoms with Gasteiger partial charge in [-0.1, -0.05) is 0 Å². The van der Waals surface area contributed by atoms with Crippen LogP contribution < -0.4 is 5.73 Å². The molecular weight excluding hydrogens is 190 g/mol. The average molecular weight is 213 g/mol. The minimum Gasteiger partial charge on any atom is -0.348 e. The summed E-state index contributed by atoms with van der Waals surface area (Å²) in [5, 5.41) is 0. The lowest BCUT2D eigenvalue weighted by atomic mass is 10.0. The van der Waals surface area contributed by atoms with E-state index in [1.807, 2.05) is 7.05 Å². The smallest absolute Gasteiger partial charge is 0.236 e. The number of nitrogens with two attached hydrogens (primary N) is 1. The van der Waals surface area contributed by atoms with E-state index in [0.717, 1.165) is 19.5 Å². The highest BCUT2D eigenvalue weighted by Gasteiger charge is 2.42. The maximum absolute atomic E-state index is 11.5. The van der Waals surface area contributed by atoms with Gasteiger partial charge in [0.05, 0.1) is 6.54 Å². The summed E-state index contributed by atoms with van der Waals surface area (Å²) in [4.78, 5) is 15.2. The number of rotatable bonds is 6. The van der Waals surface area contributed by atoms with Crippen LogP contribution in [0.1, 0.15) is 19.3 Å². The highest BCUT2D eigenvalue weighted by atomic mass is 16.2. The maximum Gasteiger partial charge on any atom is 0.236 e. The van der Waals surface area contributed by atoms with Gasteiger partial charge in [0.25, 0.3) is 0 Å². The molecule has 1 rings (SSSR count). The summed E-state index contributed by atoms with van der Waals surface area (Å²) in [5.41, 5.74) is 6.01. The number of carbonyl (C=O) groups is 1. The molecule has 0 aromatic carbocycles. The number of likely N-dealkylation sites (N-methyl/N-ethyl adjacent to an activating group) is 2. The van der Waals surface area contributed by atoms with Gasteiger partial charge in [-0.2, -0.15) is 0 Å². The molecule has 4 heteroatoms. The van der Waals surface area contributed by atoms with E-state index >= 15 is 0 Å². The van der Waals surface area contributed by atoms with Crippen molar-refractivity contribution >= 4 is 5.91 Å². The first-order valence-electron chi connectivity index (χ1n) is 5.58. The highest BCUT2D eigenvalue weighted by Crippen LogP contribution is 2.48. The van der Waals surface area contributed by atoms with Crippen LogP contribution in [0.25, 0.3) is 0 Å². The summed E-state index contributed by atoms with van der Waals surface area (Å²) >= 11 is 0. The van der Waals surface area contributed by atoms with Crippen molar-refractivity contribution in [2.45, 2.75) is 19.3 Å². The topological polar surface area (TPSA) is 49.6 Å². The van der Waals surface area contributed by atoms with Gasteiger partial charge in [-0.3, -0.25) is 9.69 Å². The largest absolute Gasteiger partial charge is 0.348 e. The van der Waals surface area contributed by atoms with E-state index in [0.29, 0.717) is 12.0 Å². The monoisotopic (exact) mass is 213 g/mol. The number of hydrogen-bond acceptors (Lipinski definition) is 3. The average Bonchev–Trinajstić information content (AvgIpc) is 2.84. The van der Waals surface area contributed by atoms with E-state index < -0.39 is 0 Å². The van der Waals surface area contributed by atoms with Crippen LogP contribution >= 0.6 is 0 Å². The molecule has 0 saturated heterocycles. The van der Waals surface area contributed by atoms with Gasteiger partial charge in [-0.25, -0.2) is 0 Å². The van der Waals surface area contributed by atoms with Crippen molar-refractivity contribution < 1.29 is 4.79 Å². The van der Waals surface area contributed by atoms with E-state index in [9.17, 15) is 4.79 Å². The molecule has 88 valence electrons. The summed E-state index contributed by atoms with van der Waals surface area (Å²) in [5.74, 6) is 0.168. The van der Waals surface area contributed by atoms with Crippen molar-refractivity contribution in [3.05, 3.63) is 0 Å². The second-order valence-corrected chi connectivity index (χ2v) is 5.00. The fourth-order valence-corrected chi connectivity index (χ4v) is 1.97. The normalized spacial score (nSPS) is 17.9. The van der Waals surface area contributed by atoms with Crippen LogP contribution in [0.15, 0.2) is 0 Å². The third kappa shape index (κ3) is 3.80. The predicted octanol–water partition coefficient (Wildman–Crippen LogP) is 0.135. The van der Waals surface area contributed by atoms with Crippen LogP contribution in [0.4, 0.5) is 0 Å². The Morgan fingerprint density at radius 1 is 1.33 bits per heavy atom. The molecule has 1 saturated carbocycles. The van der Waals surface area contributed by atoms with Crippen LogP contribution in [-0.4, -0.2) is 56.5 Å². The molecule has 0 aromatic rings. The SMILES string of the molecule is CN(CC(=O)N(C)C)CC1(CCN)CC1. The van der Waals surface area contributed by atoms with E-state index in [4.69, 9.17) is 5.73 Å². The van der Waals surface area contributed by atoms with Crippen molar-refractivity contribution in [1.29, 1.82) is 0 Å². The lowest BCUT2D eigenvalue weighted by molar-refractivity contribution is -0.129. The molecule has 0 heterocycles. The number of hydrogen-bond donors (Lipinski definition) is 1. The molecule has 2 N–H and O–H groups in total. The molecule has 0 radical (unpaired) electrons. The first-order chi connectivity index (χ1) is 6.99. The second kappa shape index (κ2) is 4.94. The molecular formula is C11H23N3O. The van der Waals surface area contributed by atoms with Gasteiger partial charge in [-0.15, -0.1) is 0 Å². The minimum atomic E-state index is 0.168. The number of nitrogens with zero attached hydrogens (tertiary/aromatic N) is 2. The Kier molecular flexibility index (Phi) is 4.11. The van der Waals surface area contributed by atoms with E-state index in [2.05, 4.69) is 4.90 Å². The molecule has 1 fully saturated rings. The van der Waals surface area contributed by atoms with Crippen LogP contribution in [0.2, 0.25) is 0 Å². The van der Waals surface area contributed by atoms with Crippen LogP contribution in [-0.2, 0) is 4.79 Å². The molecule has 1 aliphatic carbocycles. The summed E-state index contributed by atoms with van der Waals surface area (Å²) in [6, 6.07) is 0. The molecule has 0 atom stereocenters. The molecule has 1 amide bonds. The van der Waals surface area contributed by atoms with Crippen LogP contribution in [0.5, 0.6) is 0 Å². The first-order valence-corrected chi connectivity index (χ1v) is 5.58. The number of carbonyl (C=O) groups excluding carboxylic acids is 1. The summed E-state index contributed by atoms with van der Waals surface area (Å²) in [6.45, 7) is 2.28. The molecule has 4 nitrogen and oxygen atoms in total. The fourth-order valence-electron chi connectivity index (χ4n) is 1.97. The van der Waals surface area contributed by atoms with Gasteiger partial charge in [0, 0.05) is 20.6 Å². The van der Waals surface area contributed by atoms with Crippen LogP contribution in [0, 0.1) is 5.41 Å². The molecule has 0 aromatic heterocycles. The molecule has 1 aliphatic rings. The zero-order valence-electron chi connectivity index (χ0n) is 10.1. The minimum absolute atomic E-state index is 0.168. The Bertz CT molecular complexity index is 224. The van der Waals surface area contributed by atoms with Gasteiger partial charge in [0.1, 0.15) is 0 Å². The van der Waals surface area contributed by atoms with Gasteiger partial charge < -0.3 is 10.6 Å². The Balaban J connectivity index is 2.30. The van der Waals surface area contributed by atoms with Crippen molar-refractivity contribution in [3.8, 4) is 0 Å². The van der Waals surface area contributed by atoms with Gasteiger partial charge in [-0.05, 0) is 38.3 Å².